The second kappa shape index (κ2) is 6.12. The molecule has 0 aliphatic heterocycles. The van der Waals surface area contributed by atoms with E-state index in [0.29, 0.717) is 18.9 Å². The Morgan fingerprint density at radius 1 is 1.38 bits per heavy atom. The van der Waals surface area contributed by atoms with Crippen molar-refractivity contribution in [2.45, 2.75) is 26.6 Å². The number of hydrogen-bond acceptors (Lipinski definition) is 4. The molecule has 4 heteroatoms. The van der Waals surface area contributed by atoms with Crippen molar-refractivity contribution in [1.29, 1.82) is 0 Å². The molecule has 1 aromatic rings. The second-order valence-electron chi connectivity index (χ2n) is 3.45. The zero-order valence-electron chi connectivity index (χ0n) is 9.60. The summed E-state index contributed by atoms with van der Waals surface area (Å²) in [4.78, 5) is 11.3. The average molecular weight is 223 g/mol. The van der Waals surface area contributed by atoms with Crippen LogP contribution in [0.2, 0.25) is 0 Å². The van der Waals surface area contributed by atoms with E-state index in [2.05, 4.69) is 0 Å². The third-order valence-electron chi connectivity index (χ3n) is 2.10. The average Bonchev–Trinajstić information content (AvgIpc) is 2.28. The maximum atomic E-state index is 11.3. The summed E-state index contributed by atoms with van der Waals surface area (Å²) < 4.78 is 10.2. The van der Waals surface area contributed by atoms with Crippen LogP contribution in [0.15, 0.2) is 24.3 Å². The van der Waals surface area contributed by atoms with Gasteiger partial charge in [-0.25, -0.2) is 4.79 Å². The third-order valence-corrected chi connectivity index (χ3v) is 2.10. The molecule has 88 valence electrons. The maximum Gasteiger partial charge on any atom is 0.334 e. The van der Waals surface area contributed by atoms with Gasteiger partial charge in [-0.05, 0) is 31.5 Å². The number of carbonyl (C=O) groups excluding carboxylic acids is 1. The highest BCUT2D eigenvalue weighted by Gasteiger charge is 2.13. The second-order valence-corrected chi connectivity index (χ2v) is 3.45. The third kappa shape index (κ3) is 3.90. The molecule has 0 bridgehead atoms. The van der Waals surface area contributed by atoms with Crippen molar-refractivity contribution in [3.05, 3.63) is 29.8 Å². The number of nitrogens with two attached hydrogens (primary N) is 1. The first-order valence-electron chi connectivity index (χ1n) is 5.26. The molecule has 0 radical (unpaired) electrons. The van der Waals surface area contributed by atoms with Crippen LogP contribution in [-0.2, 0) is 20.9 Å². The monoisotopic (exact) mass is 223 g/mol. The van der Waals surface area contributed by atoms with Crippen molar-refractivity contribution in [3.63, 3.8) is 0 Å². The van der Waals surface area contributed by atoms with E-state index < -0.39 is 6.10 Å². The number of esters is 1. The molecule has 1 rings (SSSR count). The quantitative estimate of drug-likeness (QED) is 0.610. The highest BCUT2D eigenvalue weighted by molar-refractivity contribution is 5.74. The lowest BCUT2D eigenvalue weighted by Crippen LogP contribution is -2.23. The predicted octanol–water partition coefficient (Wildman–Crippen LogP) is 1.74. The summed E-state index contributed by atoms with van der Waals surface area (Å²) in [7, 11) is 0. The van der Waals surface area contributed by atoms with E-state index >= 15 is 0 Å². The molecule has 0 aliphatic rings. The van der Waals surface area contributed by atoms with Gasteiger partial charge in [0.05, 0.1) is 13.2 Å². The normalized spacial score (nSPS) is 12.1. The van der Waals surface area contributed by atoms with Crippen molar-refractivity contribution in [2.24, 2.45) is 0 Å². The van der Waals surface area contributed by atoms with Crippen molar-refractivity contribution >= 4 is 11.7 Å². The van der Waals surface area contributed by atoms with E-state index in [-0.39, 0.29) is 5.97 Å². The molecule has 1 atom stereocenters. The number of anilines is 1. The SMILES string of the molecule is CCOC(=O)C(C)OCc1ccc(N)cc1. The summed E-state index contributed by atoms with van der Waals surface area (Å²) in [6, 6.07) is 7.34. The number of carbonyl (C=O) groups is 1. The lowest BCUT2D eigenvalue weighted by atomic mass is 10.2. The smallest absolute Gasteiger partial charge is 0.334 e. The molecular formula is C12H17NO3. The minimum Gasteiger partial charge on any atom is -0.464 e. The maximum absolute atomic E-state index is 11.3. The molecular weight excluding hydrogens is 206 g/mol. The highest BCUT2D eigenvalue weighted by Crippen LogP contribution is 2.08. The van der Waals surface area contributed by atoms with Crippen LogP contribution in [0.25, 0.3) is 0 Å². The van der Waals surface area contributed by atoms with E-state index in [1.165, 1.54) is 0 Å². The molecule has 1 aromatic carbocycles. The van der Waals surface area contributed by atoms with Gasteiger partial charge in [-0.15, -0.1) is 0 Å². The Morgan fingerprint density at radius 3 is 2.56 bits per heavy atom. The standard InChI is InChI=1S/C12H17NO3/c1-3-15-12(14)9(2)16-8-10-4-6-11(13)7-5-10/h4-7,9H,3,8,13H2,1-2H3. The van der Waals surface area contributed by atoms with Crippen LogP contribution in [0.4, 0.5) is 5.69 Å². The number of rotatable bonds is 5. The Labute approximate surface area is 95.3 Å². The van der Waals surface area contributed by atoms with E-state index in [9.17, 15) is 4.79 Å². The fraction of sp³-hybridized carbons (Fsp3) is 0.417. The molecule has 0 heterocycles. The van der Waals surface area contributed by atoms with Gasteiger partial charge in [0.1, 0.15) is 0 Å². The number of ether oxygens (including phenoxy) is 2. The first-order chi connectivity index (χ1) is 7.63. The van der Waals surface area contributed by atoms with Gasteiger partial charge in [0.15, 0.2) is 6.10 Å². The molecule has 0 amide bonds. The minimum atomic E-state index is -0.544. The molecule has 0 fully saturated rings. The van der Waals surface area contributed by atoms with E-state index in [4.69, 9.17) is 15.2 Å². The zero-order valence-corrected chi connectivity index (χ0v) is 9.60. The molecule has 0 aromatic heterocycles. The topological polar surface area (TPSA) is 61.5 Å². The summed E-state index contributed by atoms with van der Waals surface area (Å²) in [5.74, 6) is -0.335. The summed E-state index contributed by atoms with van der Waals surface area (Å²) >= 11 is 0. The van der Waals surface area contributed by atoms with Crippen LogP contribution in [0.5, 0.6) is 0 Å². The molecule has 0 aliphatic carbocycles. The molecule has 0 saturated heterocycles. The molecule has 2 N–H and O–H groups in total. The van der Waals surface area contributed by atoms with Crippen LogP contribution in [0.3, 0.4) is 0 Å². The summed E-state index contributed by atoms with van der Waals surface area (Å²) in [5, 5.41) is 0. The fourth-order valence-corrected chi connectivity index (χ4v) is 1.16. The lowest BCUT2D eigenvalue weighted by molar-refractivity contribution is -0.156. The lowest BCUT2D eigenvalue weighted by Gasteiger charge is -2.11. The van der Waals surface area contributed by atoms with Gasteiger partial charge in [-0.1, -0.05) is 12.1 Å². The van der Waals surface area contributed by atoms with Gasteiger partial charge >= 0.3 is 5.97 Å². The van der Waals surface area contributed by atoms with Crippen molar-refractivity contribution < 1.29 is 14.3 Å². The summed E-state index contributed by atoms with van der Waals surface area (Å²) in [5.41, 5.74) is 7.24. The molecule has 0 spiro atoms. The van der Waals surface area contributed by atoms with Crippen molar-refractivity contribution in [2.75, 3.05) is 12.3 Å². The van der Waals surface area contributed by atoms with Gasteiger partial charge in [0.2, 0.25) is 0 Å². The number of benzene rings is 1. The zero-order chi connectivity index (χ0) is 12.0. The molecule has 0 saturated carbocycles. The predicted molar refractivity (Wildman–Crippen MR) is 61.7 cm³/mol. The first-order valence-corrected chi connectivity index (χ1v) is 5.26. The Balaban J connectivity index is 2.39. The van der Waals surface area contributed by atoms with Gasteiger partial charge in [-0.3, -0.25) is 0 Å². The Kier molecular flexibility index (Phi) is 4.79. The largest absolute Gasteiger partial charge is 0.464 e. The Morgan fingerprint density at radius 2 is 2.00 bits per heavy atom. The molecule has 16 heavy (non-hydrogen) atoms. The highest BCUT2D eigenvalue weighted by atomic mass is 16.6. The van der Waals surface area contributed by atoms with Crippen LogP contribution < -0.4 is 5.73 Å². The van der Waals surface area contributed by atoms with Gasteiger partial charge in [0, 0.05) is 5.69 Å². The van der Waals surface area contributed by atoms with E-state index in [0.717, 1.165) is 5.56 Å². The van der Waals surface area contributed by atoms with Gasteiger partial charge in [-0.2, -0.15) is 0 Å². The Hall–Kier alpha value is -1.55. The minimum absolute atomic E-state index is 0.335. The molecule has 4 nitrogen and oxygen atoms in total. The van der Waals surface area contributed by atoms with E-state index in [1.807, 2.05) is 12.1 Å². The number of hydrogen-bond donors (Lipinski definition) is 1. The van der Waals surface area contributed by atoms with Crippen molar-refractivity contribution in [1.82, 2.24) is 0 Å². The number of nitrogen functional groups attached to an aromatic ring is 1. The fourth-order valence-electron chi connectivity index (χ4n) is 1.16. The van der Waals surface area contributed by atoms with Crippen LogP contribution >= 0.6 is 0 Å². The van der Waals surface area contributed by atoms with Crippen LogP contribution in [-0.4, -0.2) is 18.7 Å². The van der Waals surface area contributed by atoms with Crippen molar-refractivity contribution in [3.8, 4) is 0 Å². The van der Waals surface area contributed by atoms with Crippen LogP contribution in [0.1, 0.15) is 19.4 Å². The first kappa shape index (κ1) is 12.5. The van der Waals surface area contributed by atoms with E-state index in [1.54, 1.807) is 26.0 Å². The molecule has 1 unspecified atom stereocenters. The summed E-state index contributed by atoms with van der Waals surface area (Å²) in [6.07, 6.45) is -0.544. The van der Waals surface area contributed by atoms with Crippen LogP contribution in [0, 0.1) is 0 Å². The van der Waals surface area contributed by atoms with Gasteiger partial charge in [0.25, 0.3) is 0 Å². The Bertz CT molecular complexity index is 335. The van der Waals surface area contributed by atoms with Gasteiger partial charge < -0.3 is 15.2 Å². The summed E-state index contributed by atoms with van der Waals surface area (Å²) in [6.45, 7) is 4.19.